The lowest BCUT2D eigenvalue weighted by Gasteiger charge is -2.43. The van der Waals surface area contributed by atoms with Gasteiger partial charge in [-0.2, -0.15) is 0 Å². The molecule has 0 spiro atoms. The largest absolute Gasteiger partial charge is 0.347 e. The van der Waals surface area contributed by atoms with Gasteiger partial charge in [0.15, 0.2) is 0 Å². The molecule has 3 aliphatic rings. The molecule has 8 nitrogen and oxygen atoms in total. The highest BCUT2D eigenvalue weighted by atomic mass is 16.2. The van der Waals surface area contributed by atoms with Crippen molar-refractivity contribution in [2.75, 3.05) is 33.2 Å². The van der Waals surface area contributed by atoms with E-state index in [1.807, 2.05) is 12.1 Å². The first-order valence-corrected chi connectivity index (χ1v) is 11.8. The first kappa shape index (κ1) is 22.7. The fraction of sp³-hybridized carbons (Fsp3) is 0.625. The molecule has 174 valence electrons. The minimum Gasteiger partial charge on any atom is -0.347 e. The van der Waals surface area contributed by atoms with Gasteiger partial charge in [0.1, 0.15) is 6.04 Å². The van der Waals surface area contributed by atoms with Gasteiger partial charge in [0, 0.05) is 19.1 Å². The molecule has 2 fully saturated rings. The van der Waals surface area contributed by atoms with Crippen LogP contribution >= 0.6 is 0 Å². The maximum absolute atomic E-state index is 13.4. The van der Waals surface area contributed by atoms with Crippen molar-refractivity contribution in [2.24, 2.45) is 0 Å². The summed E-state index contributed by atoms with van der Waals surface area (Å²) in [5.74, 6) is -0.516. The van der Waals surface area contributed by atoms with Crippen molar-refractivity contribution in [1.82, 2.24) is 25.8 Å². The summed E-state index contributed by atoms with van der Waals surface area (Å²) in [6, 6.07) is 7.66. The Hall–Kier alpha value is -2.45. The third-order valence-corrected chi connectivity index (χ3v) is 7.24. The SMILES string of the molecule is CN[C@@H](C)C(=O)NCC(=O)N1C[C@@H]2CCCN2C[C@H]1C(=O)N[C@@H]1CCCc2ccccc21. The minimum absolute atomic E-state index is 0.0168. The lowest BCUT2D eigenvalue weighted by atomic mass is 9.87. The van der Waals surface area contributed by atoms with Gasteiger partial charge in [0.05, 0.1) is 18.6 Å². The molecule has 0 radical (unpaired) electrons. The predicted octanol–water partition coefficient (Wildman–Crippen LogP) is 0.580. The van der Waals surface area contributed by atoms with Gasteiger partial charge in [-0.3, -0.25) is 19.3 Å². The number of carbonyl (C=O) groups is 3. The first-order chi connectivity index (χ1) is 15.5. The average Bonchev–Trinajstić information content (AvgIpc) is 3.28. The molecule has 0 saturated carbocycles. The van der Waals surface area contributed by atoms with Crippen molar-refractivity contribution in [3.8, 4) is 0 Å². The van der Waals surface area contributed by atoms with Crippen molar-refractivity contribution < 1.29 is 14.4 Å². The Bertz CT molecular complexity index is 860. The summed E-state index contributed by atoms with van der Waals surface area (Å²) >= 11 is 0. The summed E-state index contributed by atoms with van der Waals surface area (Å²) in [4.78, 5) is 42.7. The summed E-state index contributed by atoms with van der Waals surface area (Å²) in [5.41, 5.74) is 2.48. The number of piperazine rings is 1. The molecule has 4 rings (SSSR count). The third kappa shape index (κ3) is 4.81. The molecule has 2 heterocycles. The standard InChI is InChI=1S/C24H35N5O3/c1-16(25-2)23(31)26-13-22(30)29-14-18-9-6-12-28(18)15-21(29)24(32)27-20-11-5-8-17-7-3-4-10-19(17)20/h3-4,7,10,16,18,20-21,25H,5-6,8-9,11-15H2,1-2H3,(H,26,31)(H,27,32)/t16-,18-,20+,21-/m0/s1. The van der Waals surface area contributed by atoms with Gasteiger partial charge in [-0.25, -0.2) is 0 Å². The smallest absolute Gasteiger partial charge is 0.244 e. The van der Waals surface area contributed by atoms with Crippen LogP contribution in [0.15, 0.2) is 24.3 Å². The van der Waals surface area contributed by atoms with E-state index in [1.165, 1.54) is 11.1 Å². The monoisotopic (exact) mass is 441 g/mol. The number of benzene rings is 1. The third-order valence-electron chi connectivity index (χ3n) is 7.24. The van der Waals surface area contributed by atoms with E-state index in [-0.39, 0.29) is 36.3 Å². The second-order valence-electron chi connectivity index (χ2n) is 9.23. The van der Waals surface area contributed by atoms with Crippen LogP contribution in [0.3, 0.4) is 0 Å². The Morgan fingerprint density at radius 3 is 2.75 bits per heavy atom. The number of amides is 3. The molecule has 4 atom stereocenters. The normalized spacial score (nSPS) is 26.1. The van der Waals surface area contributed by atoms with E-state index in [9.17, 15) is 14.4 Å². The zero-order valence-electron chi connectivity index (χ0n) is 19.1. The Labute approximate surface area is 190 Å². The second kappa shape index (κ2) is 10.0. The van der Waals surface area contributed by atoms with Gasteiger partial charge < -0.3 is 20.9 Å². The summed E-state index contributed by atoms with van der Waals surface area (Å²) in [5, 5.41) is 8.82. The zero-order chi connectivity index (χ0) is 22.7. The minimum atomic E-state index is -0.537. The van der Waals surface area contributed by atoms with Crippen LogP contribution in [0.4, 0.5) is 0 Å². The topological polar surface area (TPSA) is 93.8 Å². The van der Waals surface area contributed by atoms with Crippen LogP contribution in [0, 0.1) is 0 Å². The van der Waals surface area contributed by atoms with Crippen LogP contribution in [0.2, 0.25) is 0 Å². The number of hydrogen-bond acceptors (Lipinski definition) is 5. The number of hydrogen-bond donors (Lipinski definition) is 3. The van der Waals surface area contributed by atoms with Crippen LogP contribution in [-0.4, -0.2) is 78.9 Å². The molecule has 3 N–H and O–H groups in total. The van der Waals surface area contributed by atoms with Crippen molar-refractivity contribution >= 4 is 17.7 Å². The highest BCUT2D eigenvalue weighted by Gasteiger charge is 2.42. The average molecular weight is 442 g/mol. The van der Waals surface area contributed by atoms with E-state index in [0.29, 0.717) is 19.1 Å². The summed E-state index contributed by atoms with van der Waals surface area (Å²) in [7, 11) is 1.70. The number of likely N-dealkylation sites (N-methyl/N-ethyl adjacent to an activating group) is 1. The molecule has 8 heteroatoms. The highest BCUT2D eigenvalue weighted by Crippen LogP contribution is 2.30. The number of nitrogens with one attached hydrogen (secondary N) is 3. The predicted molar refractivity (Wildman–Crippen MR) is 122 cm³/mol. The van der Waals surface area contributed by atoms with Gasteiger partial charge in [0.25, 0.3) is 0 Å². The Balaban J connectivity index is 1.46. The molecule has 0 unspecified atom stereocenters. The number of carbonyl (C=O) groups excluding carboxylic acids is 3. The molecule has 1 aromatic rings. The molecular formula is C24H35N5O3. The molecule has 0 bridgehead atoms. The highest BCUT2D eigenvalue weighted by molar-refractivity contribution is 5.91. The van der Waals surface area contributed by atoms with E-state index >= 15 is 0 Å². The maximum Gasteiger partial charge on any atom is 0.244 e. The van der Waals surface area contributed by atoms with Crippen LogP contribution in [-0.2, 0) is 20.8 Å². The van der Waals surface area contributed by atoms with E-state index in [1.54, 1.807) is 18.9 Å². The van der Waals surface area contributed by atoms with Gasteiger partial charge in [-0.15, -0.1) is 0 Å². The Kier molecular flexibility index (Phi) is 7.10. The lowest BCUT2D eigenvalue weighted by molar-refractivity contribution is -0.145. The number of aryl methyl sites for hydroxylation is 1. The molecule has 2 aliphatic heterocycles. The van der Waals surface area contributed by atoms with Crippen molar-refractivity contribution in [3.63, 3.8) is 0 Å². The van der Waals surface area contributed by atoms with Crippen LogP contribution in [0.1, 0.15) is 49.8 Å². The number of rotatable bonds is 6. The Morgan fingerprint density at radius 1 is 1.12 bits per heavy atom. The van der Waals surface area contributed by atoms with Crippen molar-refractivity contribution in [2.45, 2.75) is 63.2 Å². The van der Waals surface area contributed by atoms with Crippen molar-refractivity contribution in [3.05, 3.63) is 35.4 Å². The molecule has 32 heavy (non-hydrogen) atoms. The van der Waals surface area contributed by atoms with E-state index in [4.69, 9.17) is 0 Å². The number of nitrogens with zero attached hydrogens (tertiary/aromatic N) is 2. The van der Waals surface area contributed by atoms with Crippen molar-refractivity contribution in [1.29, 1.82) is 0 Å². The van der Waals surface area contributed by atoms with Crippen LogP contribution in [0.5, 0.6) is 0 Å². The quantitative estimate of drug-likeness (QED) is 0.601. The van der Waals surface area contributed by atoms with E-state index in [2.05, 4.69) is 33.0 Å². The molecule has 2 saturated heterocycles. The zero-order valence-corrected chi connectivity index (χ0v) is 19.1. The molecule has 3 amide bonds. The summed E-state index contributed by atoms with van der Waals surface area (Å²) in [6.07, 6.45) is 5.12. The first-order valence-electron chi connectivity index (χ1n) is 11.8. The molecule has 1 aromatic carbocycles. The Morgan fingerprint density at radius 2 is 1.94 bits per heavy atom. The summed E-state index contributed by atoms with van der Waals surface area (Å²) in [6.45, 7) is 3.72. The van der Waals surface area contributed by atoms with Crippen LogP contribution < -0.4 is 16.0 Å². The maximum atomic E-state index is 13.4. The fourth-order valence-electron chi connectivity index (χ4n) is 5.24. The molecule has 1 aliphatic carbocycles. The van der Waals surface area contributed by atoms with Gasteiger partial charge in [-0.05, 0) is 63.7 Å². The van der Waals surface area contributed by atoms with Crippen LogP contribution in [0.25, 0.3) is 0 Å². The second-order valence-corrected chi connectivity index (χ2v) is 9.23. The van der Waals surface area contributed by atoms with Gasteiger partial charge >= 0.3 is 0 Å². The van der Waals surface area contributed by atoms with Gasteiger partial charge in [-0.1, -0.05) is 24.3 Å². The molecular weight excluding hydrogens is 406 g/mol. The summed E-state index contributed by atoms with van der Waals surface area (Å²) < 4.78 is 0. The lowest BCUT2D eigenvalue weighted by Crippen LogP contribution is -2.64. The van der Waals surface area contributed by atoms with E-state index in [0.717, 1.165) is 38.6 Å². The number of fused-ring (bicyclic) bond motifs is 2. The van der Waals surface area contributed by atoms with Gasteiger partial charge in [0.2, 0.25) is 17.7 Å². The fourth-order valence-corrected chi connectivity index (χ4v) is 5.24. The van der Waals surface area contributed by atoms with E-state index < -0.39 is 6.04 Å². The molecule has 0 aromatic heterocycles.